The number of nitrogens with zero attached hydrogens (tertiary/aromatic N) is 1. The fourth-order valence-electron chi connectivity index (χ4n) is 2.12. The van der Waals surface area contributed by atoms with Gasteiger partial charge in [-0.15, -0.1) is 11.3 Å². The van der Waals surface area contributed by atoms with Crippen LogP contribution in [-0.4, -0.2) is 10.9 Å². The number of carbonyl (C=O) groups excluding carboxylic acids is 1. The second-order valence-corrected chi connectivity index (χ2v) is 5.55. The summed E-state index contributed by atoms with van der Waals surface area (Å²) in [7, 11) is 0. The maximum absolute atomic E-state index is 12.3. The summed E-state index contributed by atoms with van der Waals surface area (Å²) < 4.78 is 0. The van der Waals surface area contributed by atoms with Gasteiger partial charge in [-0.25, -0.2) is 0 Å². The van der Waals surface area contributed by atoms with Crippen LogP contribution in [0.1, 0.15) is 23.3 Å². The minimum atomic E-state index is -0.240. The number of pyridine rings is 1. The third-order valence-corrected chi connectivity index (χ3v) is 4.43. The minimum Gasteiger partial charge on any atom is -0.351 e. The van der Waals surface area contributed by atoms with Crippen molar-refractivity contribution in [2.75, 3.05) is 0 Å². The zero-order valence-electron chi connectivity index (χ0n) is 9.93. The highest BCUT2D eigenvalue weighted by atomic mass is 32.1. The molecule has 3 nitrogen and oxygen atoms in total. The van der Waals surface area contributed by atoms with E-state index in [0.717, 1.165) is 18.4 Å². The first-order valence-corrected chi connectivity index (χ1v) is 6.90. The summed E-state index contributed by atoms with van der Waals surface area (Å²) in [4.78, 5) is 17.5. The summed E-state index contributed by atoms with van der Waals surface area (Å²) in [6.07, 6.45) is 5.45. The average Bonchev–Trinajstić information content (AvgIpc) is 3.05. The van der Waals surface area contributed by atoms with Gasteiger partial charge < -0.3 is 5.32 Å². The van der Waals surface area contributed by atoms with Crippen LogP contribution in [0.4, 0.5) is 0 Å². The maximum atomic E-state index is 12.3. The fraction of sp³-hybridized carbons (Fsp3) is 0.286. The molecule has 2 aromatic heterocycles. The highest BCUT2D eigenvalue weighted by Crippen LogP contribution is 2.50. The largest absolute Gasteiger partial charge is 0.351 e. The van der Waals surface area contributed by atoms with Crippen molar-refractivity contribution in [3.8, 4) is 0 Å². The van der Waals surface area contributed by atoms with E-state index in [1.165, 1.54) is 4.88 Å². The van der Waals surface area contributed by atoms with E-state index in [9.17, 15) is 4.79 Å². The number of rotatable bonds is 4. The van der Waals surface area contributed by atoms with Gasteiger partial charge >= 0.3 is 0 Å². The fourth-order valence-corrected chi connectivity index (χ4v) is 3.10. The van der Waals surface area contributed by atoms with Gasteiger partial charge in [-0.05, 0) is 35.9 Å². The monoisotopic (exact) mass is 258 g/mol. The first kappa shape index (κ1) is 11.4. The second-order valence-electron chi connectivity index (χ2n) is 4.60. The Bertz CT molecular complexity index is 532. The molecule has 0 atom stereocenters. The molecule has 0 aliphatic heterocycles. The number of aromatic nitrogens is 1. The summed E-state index contributed by atoms with van der Waals surface area (Å²) in [5, 5.41) is 5.05. The lowest BCUT2D eigenvalue weighted by Gasteiger charge is -2.13. The number of hydrogen-bond donors (Lipinski definition) is 1. The molecule has 1 saturated carbocycles. The molecule has 0 saturated heterocycles. The Hall–Kier alpha value is -1.68. The Kier molecular flexibility index (Phi) is 2.88. The first-order valence-electron chi connectivity index (χ1n) is 6.02. The smallest absolute Gasteiger partial charge is 0.231 e. The molecule has 1 fully saturated rings. The number of carbonyl (C=O) groups is 1. The lowest BCUT2D eigenvalue weighted by molar-refractivity contribution is -0.123. The predicted molar refractivity (Wildman–Crippen MR) is 71.3 cm³/mol. The van der Waals surface area contributed by atoms with Gasteiger partial charge in [-0.2, -0.15) is 0 Å². The van der Waals surface area contributed by atoms with Crippen molar-refractivity contribution in [2.45, 2.75) is 24.8 Å². The van der Waals surface area contributed by atoms with Crippen LogP contribution in [0.25, 0.3) is 0 Å². The molecule has 0 bridgehead atoms. The van der Waals surface area contributed by atoms with Crippen molar-refractivity contribution >= 4 is 17.2 Å². The van der Waals surface area contributed by atoms with Crippen LogP contribution in [0.3, 0.4) is 0 Å². The molecule has 1 aliphatic rings. The Labute approximate surface area is 110 Å². The second kappa shape index (κ2) is 4.53. The average molecular weight is 258 g/mol. The van der Waals surface area contributed by atoms with Crippen molar-refractivity contribution in [3.63, 3.8) is 0 Å². The molecule has 0 radical (unpaired) electrons. The standard InChI is InChI=1S/C14H14N2OS/c17-13(16-10-11-3-1-7-15-9-11)14(5-6-14)12-4-2-8-18-12/h1-4,7-9H,5-6,10H2,(H,16,17). The van der Waals surface area contributed by atoms with Crippen molar-refractivity contribution in [1.82, 2.24) is 10.3 Å². The molecule has 1 amide bonds. The number of amides is 1. The Morgan fingerprint density at radius 1 is 1.39 bits per heavy atom. The van der Waals surface area contributed by atoms with E-state index in [1.807, 2.05) is 23.6 Å². The highest BCUT2D eigenvalue weighted by molar-refractivity contribution is 7.10. The Morgan fingerprint density at radius 2 is 2.28 bits per heavy atom. The van der Waals surface area contributed by atoms with Crippen LogP contribution < -0.4 is 5.32 Å². The van der Waals surface area contributed by atoms with Gasteiger partial charge in [0, 0.05) is 23.8 Å². The molecule has 4 heteroatoms. The third kappa shape index (κ3) is 2.04. The summed E-state index contributed by atoms with van der Waals surface area (Å²) in [5.74, 6) is 0.147. The minimum absolute atomic E-state index is 0.147. The van der Waals surface area contributed by atoms with Crippen molar-refractivity contribution in [1.29, 1.82) is 0 Å². The van der Waals surface area contributed by atoms with Crippen LogP contribution in [0.15, 0.2) is 42.0 Å². The van der Waals surface area contributed by atoms with Gasteiger partial charge in [0.15, 0.2) is 0 Å². The molecular formula is C14H14N2OS. The van der Waals surface area contributed by atoms with Gasteiger partial charge in [0.1, 0.15) is 0 Å². The summed E-state index contributed by atoms with van der Waals surface area (Å²) in [6, 6.07) is 7.92. The molecule has 0 aromatic carbocycles. The molecular weight excluding hydrogens is 244 g/mol. The van der Waals surface area contributed by atoms with Crippen LogP contribution in [0.5, 0.6) is 0 Å². The first-order chi connectivity index (χ1) is 8.81. The van der Waals surface area contributed by atoms with Gasteiger partial charge in [0.2, 0.25) is 5.91 Å². The zero-order valence-corrected chi connectivity index (χ0v) is 10.7. The highest BCUT2D eigenvalue weighted by Gasteiger charge is 2.51. The number of thiophene rings is 1. The SMILES string of the molecule is O=C(NCc1cccnc1)C1(c2cccs2)CC1. The van der Waals surface area contributed by atoms with E-state index in [2.05, 4.69) is 16.4 Å². The Morgan fingerprint density at radius 3 is 2.89 bits per heavy atom. The van der Waals surface area contributed by atoms with Crippen LogP contribution in [0.2, 0.25) is 0 Å². The normalized spacial score (nSPS) is 16.2. The topological polar surface area (TPSA) is 42.0 Å². The van der Waals surface area contributed by atoms with Gasteiger partial charge in [0.05, 0.1) is 5.41 Å². The quantitative estimate of drug-likeness (QED) is 0.915. The van der Waals surface area contributed by atoms with E-state index in [0.29, 0.717) is 6.54 Å². The summed E-state index contributed by atoms with van der Waals surface area (Å²) in [6.45, 7) is 0.555. The van der Waals surface area contributed by atoms with Crippen LogP contribution >= 0.6 is 11.3 Å². The van der Waals surface area contributed by atoms with Gasteiger partial charge in [-0.1, -0.05) is 12.1 Å². The van der Waals surface area contributed by atoms with E-state index in [-0.39, 0.29) is 11.3 Å². The van der Waals surface area contributed by atoms with E-state index in [4.69, 9.17) is 0 Å². The molecule has 1 aliphatic carbocycles. The number of nitrogens with one attached hydrogen (secondary N) is 1. The lowest BCUT2D eigenvalue weighted by atomic mass is 10.0. The molecule has 92 valence electrons. The Balaban J connectivity index is 1.66. The van der Waals surface area contributed by atoms with Crippen molar-refractivity contribution < 1.29 is 4.79 Å². The van der Waals surface area contributed by atoms with Crippen LogP contribution in [-0.2, 0) is 16.8 Å². The molecule has 2 aromatic rings. The molecule has 0 unspecified atom stereocenters. The van der Waals surface area contributed by atoms with E-state index < -0.39 is 0 Å². The zero-order chi connectivity index (χ0) is 12.4. The molecule has 1 N–H and O–H groups in total. The summed E-state index contributed by atoms with van der Waals surface area (Å²) >= 11 is 1.67. The van der Waals surface area contributed by atoms with Crippen LogP contribution in [0, 0.1) is 0 Å². The van der Waals surface area contributed by atoms with E-state index >= 15 is 0 Å². The lowest BCUT2D eigenvalue weighted by Crippen LogP contribution is -2.33. The van der Waals surface area contributed by atoms with E-state index in [1.54, 1.807) is 23.7 Å². The van der Waals surface area contributed by atoms with Gasteiger partial charge in [0.25, 0.3) is 0 Å². The predicted octanol–water partition coefficient (Wildman–Crippen LogP) is 2.49. The molecule has 18 heavy (non-hydrogen) atoms. The molecule has 0 spiro atoms. The van der Waals surface area contributed by atoms with Gasteiger partial charge in [-0.3, -0.25) is 9.78 Å². The third-order valence-electron chi connectivity index (χ3n) is 3.35. The number of hydrogen-bond acceptors (Lipinski definition) is 3. The molecule has 3 rings (SSSR count). The van der Waals surface area contributed by atoms with Crippen molar-refractivity contribution in [2.24, 2.45) is 0 Å². The summed E-state index contributed by atoms with van der Waals surface area (Å²) in [5.41, 5.74) is 0.795. The maximum Gasteiger partial charge on any atom is 0.231 e. The van der Waals surface area contributed by atoms with Crippen molar-refractivity contribution in [3.05, 3.63) is 52.5 Å². The molecule has 2 heterocycles.